The molecule has 0 unspecified atom stereocenters. The highest BCUT2D eigenvalue weighted by Crippen LogP contribution is 2.33. The number of carbonyl (C=O) groups is 2. The molecule has 0 aliphatic carbocycles. The number of benzene rings is 2. The number of amides is 2. The first-order valence-electron chi connectivity index (χ1n) is 9.69. The normalized spacial score (nSPS) is 16.0. The predicted octanol–water partition coefficient (Wildman–Crippen LogP) is 3.07. The predicted molar refractivity (Wildman–Crippen MR) is 104 cm³/mol. The molecule has 0 atom stereocenters. The Morgan fingerprint density at radius 3 is 2.48 bits per heavy atom. The summed E-state index contributed by atoms with van der Waals surface area (Å²) in [5, 5.41) is 0. The van der Waals surface area contributed by atoms with Gasteiger partial charge in [-0.2, -0.15) is 0 Å². The fraction of sp³-hybridized carbons (Fsp3) is 0.364. The summed E-state index contributed by atoms with van der Waals surface area (Å²) in [6, 6.07) is 11.2. The van der Waals surface area contributed by atoms with Gasteiger partial charge in [-0.3, -0.25) is 9.59 Å². The number of rotatable bonds is 4. The van der Waals surface area contributed by atoms with E-state index in [4.69, 9.17) is 9.47 Å². The molecule has 2 aliphatic rings. The van der Waals surface area contributed by atoms with E-state index < -0.39 is 0 Å². The summed E-state index contributed by atoms with van der Waals surface area (Å²) in [7, 11) is 1.79. The van der Waals surface area contributed by atoms with Crippen LogP contribution in [-0.2, 0) is 11.3 Å². The van der Waals surface area contributed by atoms with Gasteiger partial charge in [-0.1, -0.05) is 6.07 Å². The summed E-state index contributed by atoms with van der Waals surface area (Å²) in [6.45, 7) is 1.75. The number of halogens is 1. The molecule has 7 heteroatoms. The van der Waals surface area contributed by atoms with Crippen LogP contribution in [0.25, 0.3) is 0 Å². The number of likely N-dealkylation sites (tertiary alicyclic amines) is 1. The number of hydrogen-bond acceptors (Lipinski definition) is 4. The summed E-state index contributed by atoms with van der Waals surface area (Å²) in [5.74, 6) is 0.917. The molecular formula is C22H23FN2O4. The minimum atomic E-state index is -0.364. The van der Waals surface area contributed by atoms with Gasteiger partial charge in [0.15, 0.2) is 11.5 Å². The third kappa shape index (κ3) is 4.18. The molecule has 2 aromatic rings. The molecule has 0 radical (unpaired) electrons. The first kappa shape index (κ1) is 19.2. The summed E-state index contributed by atoms with van der Waals surface area (Å²) in [6.07, 6.45) is 1.24. The Morgan fingerprint density at radius 2 is 1.76 bits per heavy atom. The lowest BCUT2D eigenvalue weighted by Gasteiger charge is -2.33. The van der Waals surface area contributed by atoms with E-state index in [1.807, 2.05) is 18.2 Å². The second kappa shape index (κ2) is 8.11. The van der Waals surface area contributed by atoms with E-state index in [0.29, 0.717) is 43.8 Å². The quantitative estimate of drug-likeness (QED) is 0.794. The van der Waals surface area contributed by atoms with Gasteiger partial charge in [-0.15, -0.1) is 0 Å². The Balaban J connectivity index is 1.31. The van der Waals surface area contributed by atoms with Crippen molar-refractivity contribution in [2.24, 2.45) is 5.92 Å². The van der Waals surface area contributed by atoms with Crippen molar-refractivity contribution in [1.29, 1.82) is 0 Å². The monoisotopic (exact) mass is 398 g/mol. The minimum Gasteiger partial charge on any atom is -0.454 e. The number of nitrogens with zero attached hydrogens (tertiary/aromatic N) is 2. The Labute approximate surface area is 168 Å². The van der Waals surface area contributed by atoms with Gasteiger partial charge in [0.25, 0.3) is 5.91 Å². The summed E-state index contributed by atoms with van der Waals surface area (Å²) < 4.78 is 23.8. The van der Waals surface area contributed by atoms with Crippen molar-refractivity contribution in [1.82, 2.24) is 9.80 Å². The maximum atomic E-state index is 13.0. The lowest BCUT2D eigenvalue weighted by molar-refractivity contribution is -0.136. The van der Waals surface area contributed by atoms with Gasteiger partial charge in [-0.05, 0) is 54.8 Å². The highest BCUT2D eigenvalue weighted by atomic mass is 19.1. The molecule has 6 nitrogen and oxygen atoms in total. The van der Waals surface area contributed by atoms with Crippen LogP contribution in [0, 0.1) is 11.7 Å². The van der Waals surface area contributed by atoms with Crippen LogP contribution < -0.4 is 9.47 Å². The summed E-state index contributed by atoms with van der Waals surface area (Å²) >= 11 is 0. The maximum Gasteiger partial charge on any atom is 0.253 e. The molecule has 0 saturated carbocycles. The molecule has 1 saturated heterocycles. The van der Waals surface area contributed by atoms with Crippen molar-refractivity contribution in [3.05, 3.63) is 59.4 Å². The molecule has 152 valence electrons. The van der Waals surface area contributed by atoms with Crippen molar-refractivity contribution >= 4 is 11.8 Å². The standard InChI is InChI=1S/C22H23FN2O4/c1-24(13-15-2-7-19-20(12-15)29-14-28-19)21(26)17-8-10-25(11-9-17)22(27)16-3-5-18(23)6-4-16/h2-7,12,17H,8-11,13-14H2,1H3. The zero-order valence-corrected chi connectivity index (χ0v) is 16.3. The molecule has 0 spiro atoms. The SMILES string of the molecule is CN(Cc1ccc2c(c1)OCO2)C(=O)C1CCN(C(=O)c2ccc(F)cc2)CC1. The Morgan fingerprint density at radius 1 is 1.07 bits per heavy atom. The molecule has 2 amide bonds. The Kier molecular flexibility index (Phi) is 5.38. The van der Waals surface area contributed by atoms with Gasteiger partial charge in [-0.25, -0.2) is 4.39 Å². The average Bonchev–Trinajstić information content (AvgIpc) is 3.21. The second-order valence-corrected chi connectivity index (χ2v) is 7.46. The van der Waals surface area contributed by atoms with Gasteiger partial charge in [0.1, 0.15) is 5.82 Å². The molecule has 29 heavy (non-hydrogen) atoms. The Hall–Kier alpha value is -3.09. The molecule has 0 aromatic heterocycles. The van der Waals surface area contributed by atoms with E-state index in [9.17, 15) is 14.0 Å². The number of carbonyl (C=O) groups excluding carboxylic acids is 2. The second-order valence-electron chi connectivity index (χ2n) is 7.46. The molecule has 2 aliphatic heterocycles. The lowest BCUT2D eigenvalue weighted by atomic mass is 9.94. The number of piperidine rings is 1. The molecule has 4 rings (SSSR count). The van der Waals surface area contributed by atoms with E-state index in [1.54, 1.807) is 16.8 Å². The first-order chi connectivity index (χ1) is 14.0. The van der Waals surface area contributed by atoms with Crippen LogP contribution in [-0.4, -0.2) is 48.5 Å². The summed E-state index contributed by atoms with van der Waals surface area (Å²) in [5.41, 5.74) is 1.45. The third-order valence-electron chi connectivity index (χ3n) is 5.46. The lowest BCUT2D eigenvalue weighted by Crippen LogP contribution is -2.43. The zero-order valence-electron chi connectivity index (χ0n) is 16.3. The molecule has 2 aromatic carbocycles. The minimum absolute atomic E-state index is 0.0801. The van der Waals surface area contributed by atoms with Crippen LogP contribution in [0.2, 0.25) is 0 Å². The number of ether oxygens (including phenoxy) is 2. The number of fused-ring (bicyclic) bond motifs is 1. The van der Waals surface area contributed by atoms with E-state index in [-0.39, 0.29) is 30.3 Å². The van der Waals surface area contributed by atoms with E-state index in [2.05, 4.69) is 0 Å². The van der Waals surface area contributed by atoms with E-state index in [0.717, 1.165) is 11.3 Å². The topological polar surface area (TPSA) is 59.1 Å². The smallest absolute Gasteiger partial charge is 0.253 e. The van der Waals surface area contributed by atoms with Gasteiger partial charge in [0, 0.05) is 38.2 Å². The van der Waals surface area contributed by atoms with E-state index >= 15 is 0 Å². The highest BCUT2D eigenvalue weighted by molar-refractivity contribution is 5.94. The van der Waals surface area contributed by atoms with Gasteiger partial charge >= 0.3 is 0 Å². The van der Waals surface area contributed by atoms with Crippen LogP contribution in [0.1, 0.15) is 28.8 Å². The molecule has 1 fully saturated rings. The molecule has 0 N–H and O–H groups in total. The molecular weight excluding hydrogens is 375 g/mol. The van der Waals surface area contributed by atoms with Gasteiger partial charge in [0.2, 0.25) is 12.7 Å². The fourth-order valence-corrected chi connectivity index (χ4v) is 3.81. The van der Waals surface area contributed by atoms with Crippen LogP contribution in [0.3, 0.4) is 0 Å². The zero-order chi connectivity index (χ0) is 20.4. The van der Waals surface area contributed by atoms with Crippen LogP contribution in [0.15, 0.2) is 42.5 Å². The Bertz CT molecular complexity index is 908. The van der Waals surface area contributed by atoms with Crippen molar-refractivity contribution in [2.45, 2.75) is 19.4 Å². The van der Waals surface area contributed by atoms with Crippen LogP contribution >= 0.6 is 0 Å². The van der Waals surface area contributed by atoms with Crippen molar-refractivity contribution in [3.63, 3.8) is 0 Å². The van der Waals surface area contributed by atoms with Crippen molar-refractivity contribution < 1.29 is 23.5 Å². The summed E-state index contributed by atoms with van der Waals surface area (Å²) in [4.78, 5) is 28.8. The largest absolute Gasteiger partial charge is 0.454 e. The number of hydrogen-bond donors (Lipinski definition) is 0. The van der Waals surface area contributed by atoms with Gasteiger partial charge < -0.3 is 19.3 Å². The van der Waals surface area contributed by atoms with Crippen LogP contribution in [0.4, 0.5) is 4.39 Å². The average molecular weight is 398 g/mol. The molecule has 2 heterocycles. The maximum absolute atomic E-state index is 13.0. The van der Waals surface area contributed by atoms with Crippen molar-refractivity contribution in [2.75, 3.05) is 26.9 Å². The highest BCUT2D eigenvalue weighted by Gasteiger charge is 2.29. The van der Waals surface area contributed by atoms with Gasteiger partial charge in [0.05, 0.1) is 0 Å². The third-order valence-corrected chi connectivity index (χ3v) is 5.46. The van der Waals surface area contributed by atoms with Crippen molar-refractivity contribution in [3.8, 4) is 11.5 Å². The van der Waals surface area contributed by atoms with Crippen LogP contribution in [0.5, 0.6) is 11.5 Å². The fourth-order valence-electron chi connectivity index (χ4n) is 3.81. The molecule has 0 bridgehead atoms. The first-order valence-corrected chi connectivity index (χ1v) is 9.69. The van der Waals surface area contributed by atoms with E-state index in [1.165, 1.54) is 24.3 Å².